The van der Waals surface area contributed by atoms with E-state index in [0.717, 1.165) is 17.2 Å². The van der Waals surface area contributed by atoms with Gasteiger partial charge in [0.15, 0.2) is 0 Å². The van der Waals surface area contributed by atoms with Gasteiger partial charge in [0.1, 0.15) is 0 Å². The van der Waals surface area contributed by atoms with E-state index in [-0.39, 0.29) is 0 Å². The summed E-state index contributed by atoms with van der Waals surface area (Å²) >= 11 is 3.52. The molecule has 0 aliphatic rings. The fourth-order valence-corrected chi connectivity index (χ4v) is 2.14. The number of alkyl halides is 1. The van der Waals surface area contributed by atoms with Crippen LogP contribution in [0.25, 0.3) is 0 Å². The summed E-state index contributed by atoms with van der Waals surface area (Å²) < 4.78 is 0. The van der Waals surface area contributed by atoms with Gasteiger partial charge in [-0.1, -0.05) is 50.5 Å². The van der Waals surface area contributed by atoms with Gasteiger partial charge in [-0.25, -0.2) is 0 Å². The topological polar surface area (TPSA) is 0 Å². The minimum atomic E-state index is 0.492. The van der Waals surface area contributed by atoms with E-state index in [1.807, 2.05) is 0 Å². The number of rotatable bonds is 4. The van der Waals surface area contributed by atoms with Crippen molar-refractivity contribution in [2.24, 2.45) is 17.3 Å². The van der Waals surface area contributed by atoms with Crippen molar-refractivity contribution in [1.29, 1.82) is 0 Å². The van der Waals surface area contributed by atoms with Gasteiger partial charge < -0.3 is 0 Å². The van der Waals surface area contributed by atoms with Crippen LogP contribution in [0.5, 0.6) is 0 Å². The van der Waals surface area contributed by atoms with Gasteiger partial charge in [0, 0.05) is 5.33 Å². The van der Waals surface area contributed by atoms with Crippen LogP contribution >= 0.6 is 15.9 Å². The quantitative estimate of drug-likeness (QED) is 0.630. The summed E-state index contributed by atoms with van der Waals surface area (Å²) in [6.45, 7) is 11.6. The highest BCUT2D eigenvalue weighted by Gasteiger charge is 2.16. The van der Waals surface area contributed by atoms with Gasteiger partial charge in [-0.2, -0.15) is 0 Å². The summed E-state index contributed by atoms with van der Waals surface area (Å²) in [5.41, 5.74) is 0.492. The predicted octanol–water partition coefficient (Wildman–Crippen LogP) is 4.48. The molecule has 0 amide bonds. The Hall–Kier alpha value is 0.480. The Morgan fingerprint density at radius 3 is 1.92 bits per heavy atom. The molecule has 0 aliphatic carbocycles. The Kier molecular flexibility index (Phi) is 5.47. The molecule has 0 aliphatic heterocycles. The SMILES string of the molecule is CC(CBr)CC(C)CC(C)(C)C. The maximum Gasteiger partial charge on any atom is 0.00571 e. The summed E-state index contributed by atoms with van der Waals surface area (Å²) in [5, 5.41) is 1.14. The van der Waals surface area contributed by atoms with E-state index in [1.165, 1.54) is 12.8 Å². The largest absolute Gasteiger partial charge is 0.0925 e. The second-order valence-corrected chi connectivity index (χ2v) is 6.01. The van der Waals surface area contributed by atoms with Crippen LogP contribution in [0, 0.1) is 17.3 Å². The minimum Gasteiger partial charge on any atom is -0.0925 e. The van der Waals surface area contributed by atoms with Crippen LogP contribution in [0.1, 0.15) is 47.5 Å². The molecule has 0 saturated heterocycles. The van der Waals surface area contributed by atoms with E-state index in [4.69, 9.17) is 0 Å². The van der Waals surface area contributed by atoms with E-state index in [9.17, 15) is 0 Å². The van der Waals surface area contributed by atoms with E-state index in [0.29, 0.717) is 5.41 Å². The molecule has 0 bridgehead atoms. The van der Waals surface area contributed by atoms with Crippen molar-refractivity contribution in [1.82, 2.24) is 0 Å². The number of hydrogen-bond acceptors (Lipinski definition) is 0. The summed E-state index contributed by atoms with van der Waals surface area (Å²) in [6, 6.07) is 0. The van der Waals surface area contributed by atoms with Crippen molar-refractivity contribution in [2.45, 2.75) is 47.5 Å². The van der Waals surface area contributed by atoms with Crippen LogP contribution in [-0.4, -0.2) is 5.33 Å². The summed E-state index contributed by atoms with van der Waals surface area (Å²) in [5.74, 6) is 1.68. The zero-order valence-corrected chi connectivity index (χ0v) is 10.7. The molecule has 0 aromatic heterocycles. The molecule has 0 rings (SSSR count). The predicted molar refractivity (Wildman–Crippen MR) is 60.8 cm³/mol. The van der Waals surface area contributed by atoms with Crippen molar-refractivity contribution in [3.63, 3.8) is 0 Å². The van der Waals surface area contributed by atoms with E-state index in [2.05, 4.69) is 50.5 Å². The monoisotopic (exact) mass is 234 g/mol. The molecule has 0 heterocycles. The van der Waals surface area contributed by atoms with E-state index >= 15 is 0 Å². The average molecular weight is 235 g/mol. The molecule has 0 nitrogen and oxygen atoms in total. The van der Waals surface area contributed by atoms with Crippen molar-refractivity contribution in [2.75, 3.05) is 5.33 Å². The molecule has 0 N–H and O–H groups in total. The van der Waals surface area contributed by atoms with Gasteiger partial charge in [0.2, 0.25) is 0 Å². The smallest absolute Gasteiger partial charge is 0.00571 e. The van der Waals surface area contributed by atoms with E-state index < -0.39 is 0 Å². The molecule has 1 heteroatoms. The van der Waals surface area contributed by atoms with Crippen molar-refractivity contribution in [3.8, 4) is 0 Å². The van der Waals surface area contributed by atoms with Crippen molar-refractivity contribution in [3.05, 3.63) is 0 Å². The Morgan fingerprint density at radius 2 is 1.58 bits per heavy atom. The Balaban J connectivity index is 3.66. The molecule has 2 atom stereocenters. The molecule has 74 valence electrons. The average Bonchev–Trinajstić information content (AvgIpc) is 1.82. The fraction of sp³-hybridized carbons (Fsp3) is 1.00. The third-order valence-electron chi connectivity index (χ3n) is 2.03. The third-order valence-corrected chi connectivity index (χ3v) is 3.13. The van der Waals surface area contributed by atoms with E-state index in [1.54, 1.807) is 0 Å². The molecule has 0 aromatic rings. The summed E-state index contributed by atoms with van der Waals surface area (Å²) in [4.78, 5) is 0. The van der Waals surface area contributed by atoms with Gasteiger partial charge in [0.25, 0.3) is 0 Å². The van der Waals surface area contributed by atoms with Crippen LogP contribution in [0.15, 0.2) is 0 Å². The highest BCUT2D eigenvalue weighted by atomic mass is 79.9. The molecule has 0 radical (unpaired) electrons. The second kappa shape index (κ2) is 5.26. The highest BCUT2D eigenvalue weighted by molar-refractivity contribution is 9.09. The molecule has 0 aromatic carbocycles. The maximum atomic E-state index is 3.52. The Morgan fingerprint density at radius 1 is 1.08 bits per heavy atom. The van der Waals surface area contributed by atoms with Crippen LogP contribution < -0.4 is 0 Å². The fourth-order valence-electron chi connectivity index (χ4n) is 1.88. The summed E-state index contributed by atoms with van der Waals surface area (Å²) in [6.07, 6.45) is 2.69. The second-order valence-electron chi connectivity index (χ2n) is 5.37. The molecular formula is C11H23Br. The van der Waals surface area contributed by atoms with Crippen LogP contribution in [0.4, 0.5) is 0 Å². The molecule has 2 unspecified atom stereocenters. The number of hydrogen-bond donors (Lipinski definition) is 0. The molecule has 0 saturated carbocycles. The molecule has 0 fully saturated rings. The van der Waals surface area contributed by atoms with Crippen LogP contribution in [0.3, 0.4) is 0 Å². The van der Waals surface area contributed by atoms with Crippen LogP contribution in [-0.2, 0) is 0 Å². The highest BCUT2D eigenvalue weighted by Crippen LogP contribution is 2.28. The molecular weight excluding hydrogens is 212 g/mol. The lowest BCUT2D eigenvalue weighted by molar-refractivity contribution is 0.279. The van der Waals surface area contributed by atoms with Gasteiger partial charge in [0.05, 0.1) is 0 Å². The Bertz CT molecular complexity index is 113. The first kappa shape index (κ1) is 12.5. The number of halogens is 1. The lowest BCUT2D eigenvalue weighted by Gasteiger charge is -2.24. The minimum absolute atomic E-state index is 0.492. The Labute approximate surface area is 86.3 Å². The van der Waals surface area contributed by atoms with Gasteiger partial charge >= 0.3 is 0 Å². The van der Waals surface area contributed by atoms with Crippen molar-refractivity contribution >= 4 is 15.9 Å². The van der Waals surface area contributed by atoms with Crippen molar-refractivity contribution < 1.29 is 0 Å². The van der Waals surface area contributed by atoms with Gasteiger partial charge in [-0.15, -0.1) is 0 Å². The molecule has 0 spiro atoms. The zero-order chi connectivity index (χ0) is 9.78. The normalized spacial score (nSPS) is 17.5. The standard InChI is InChI=1S/C11H23Br/c1-9(6-10(2)8-12)7-11(3,4)5/h9-10H,6-8H2,1-5H3. The lowest BCUT2D eigenvalue weighted by atomic mass is 9.82. The summed E-state index contributed by atoms with van der Waals surface area (Å²) in [7, 11) is 0. The lowest BCUT2D eigenvalue weighted by Crippen LogP contribution is -2.13. The van der Waals surface area contributed by atoms with Gasteiger partial charge in [-0.3, -0.25) is 0 Å². The zero-order valence-electron chi connectivity index (χ0n) is 9.15. The first-order valence-electron chi connectivity index (χ1n) is 4.91. The third kappa shape index (κ3) is 7.15. The van der Waals surface area contributed by atoms with Crippen LogP contribution in [0.2, 0.25) is 0 Å². The van der Waals surface area contributed by atoms with Gasteiger partial charge in [-0.05, 0) is 30.1 Å². The first-order valence-corrected chi connectivity index (χ1v) is 6.03. The maximum absolute atomic E-state index is 3.52. The molecule has 12 heavy (non-hydrogen) atoms. The first-order chi connectivity index (χ1) is 5.35.